The summed E-state index contributed by atoms with van der Waals surface area (Å²) in [7, 11) is 0. The first-order chi connectivity index (χ1) is 9.72. The maximum Gasteiger partial charge on any atom is 0.239 e. The Kier molecular flexibility index (Phi) is 4.00. The summed E-state index contributed by atoms with van der Waals surface area (Å²) < 4.78 is 5.01. The van der Waals surface area contributed by atoms with E-state index in [0.717, 1.165) is 57.6 Å². The molecule has 1 aromatic heterocycles. The van der Waals surface area contributed by atoms with Crippen LogP contribution in [0, 0.1) is 12.8 Å². The molecule has 2 aliphatic rings. The first-order valence-corrected chi connectivity index (χ1v) is 7.54. The lowest BCUT2D eigenvalue weighted by molar-refractivity contribution is -0.134. The van der Waals surface area contributed by atoms with Crippen LogP contribution in [0.2, 0.25) is 0 Å². The highest BCUT2D eigenvalue weighted by molar-refractivity contribution is 5.82. The molecule has 0 saturated carbocycles. The molecule has 2 saturated heterocycles. The fourth-order valence-corrected chi connectivity index (χ4v) is 3.23. The number of nitrogens with zero attached hydrogens (tertiary/aromatic N) is 3. The molecule has 0 radical (unpaired) electrons. The zero-order valence-corrected chi connectivity index (χ0v) is 12.0. The molecule has 110 valence electrons. The van der Waals surface area contributed by atoms with E-state index >= 15 is 0 Å². The standard InChI is InChI=1S/C14H22N4O2/c1-10-16-13(17-20-10)8-11-4-3-7-18(9-11)14(19)12-5-2-6-15-12/h11-12,15H,2-9H2,1H3/t11-,12+/m0/s1. The number of piperidine rings is 1. The summed E-state index contributed by atoms with van der Waals surface area (Å²) in [6.45, 7) is 4.48. The van der Waals surface area contributed by atoms with Gasteiger partial charge in [0.05, 0.1) is 6.04 Å². The summed E-state index contributed by atoms with van der Waals surface area (Å²) in [5, 5.41) is 7.25. The predicted molar refractivity (Wildman–Crippen MR) is 73.1 cm³/mol. The Labute approximate surface area is 118 Å². The normalized spacial score (nSPS) is 26.9. The number of aromatic nitrogens is 2. The highest BCUT2D eigenvalue weighted by Gasteiger charge is 2.30. The molecule has 1 N–H and O–H groups in total. The third-order valence-corrected chi connectivity index (χ3v) is 4.23. The average molecular weight is 278 g/mol. The SMILES string of the molecule is Cc1nc(C[C@@H]2CCCN(C(=O)[C@H]3CCCN3)C2)no1. The number of rotatable bonds is 3. The Bertz CT molecular complexity index is 467. The minimum Gasteiger partial charge on any atom is -0.341 e. The molecule has 0 aromatic carbocycles. The predicted octanol–water partition coefficient (Wildman–Crippen LogP) is 0.911. The molecular formula is C14H22N4O2. The second kappa shape index (κ2) is 5.91. The van der Waals surface area contributed by atoms with Crippen LogP contribution in [0.3, 0.4) is 0 Å². The Balaban J connectivity index is 1.57. The Hall–Kier alpha value is -1.43. The van der Waals surface area contributed by atoms with E-state index in [2.05, 4.69) is 15.5 Å². The number of carbonyl (C=O) groups is 1. The molecule has 0 spiro atoms. The number of amides is 1. The van der Waals surface area contributed by atoms with Crippen molar-refractivity contribution >= 4 is 5.91 Å². The Morgan fingerprint density at radius 1 is 1.45 bits per heavy atom. The van der Waals surface area contributed by atoms with Crippen molar-refractivity contribution in [3.8, 4) is 0 Å². The lowest BCUT2D eigenvalue weighted by atomic mass is 9.94. The van der Waals surface area contributed by atoms with Crippen molar-refractivity contribution in [3.05, 3.63) is 11.7 Å². The first kappa shape index (κ1) is 13.5. The van der Waals surface area contributed by atoms with Gasteiger partial charge in [-0.3, -0.25) is 4.79 Å². The summed E-state index contributed by atoms with van der Waals surface area (Å²) in [6, 6.07) is 0.0427. The zero-order chi connectivity index (χ0) is 13.9. The molecule has 0 aliphatic carbocycles. The van der Waals surface area contributed by atoms with Gasteiger partial charge in [0.25, 0.3) is 0 Å². The van der Waals surface area contributed by atoms with Gasteiger partial charge in [0.2, 0.25) is 11.8 Å². The number of likely N-dealkylation sites (tertiary alicyclic amines) is 1. The molecule has 1 amide bonds. The van der Waals surface area contributed by atoms with Crippen molar-refractivity contribution in [2.24, 2.45) is 5.92 Å². The van der Waals surface area contributed by atoms with Crippen molar-refractivity contribution < 1.29 is 9.32 Å². The molecule has 2 fully saturated rings. The van der Waals surface area contributed by atoms with Crippen molar-refractivity contribution in [3.63, 3.8) is 0 Å². The minimum absolute atomic E-state index is 0.0427. The summed E-state index contributed by atoms with van der Waals surface area (Å²) in [4.78, 5) is 18.7. The van der Waals surface area contributed by atoms with Crippen molar-refractivity contribution in [2.45, 2.75) is 45.1 Å². The van der Waals surface area contributed by atoms with Gasteiger partial charge in [-0.05, 0) is 38.1 Å². The maximum absolute atomic E-state index is 12.4. The number of aryl methyl sites for hydroxylation is 1. The molecule has 6 heteroatoms. The molecule has 2 atom stereocenters. The second-order valence-corrected chi connectivity index (χ2v) is 5.88. The van der Waals surface area contributed by atoms with Crippen LogP contribution in [0.25, 0.3) is 0 Å². The summed E-state index contributed by atoms with van der Waals surface area (Å²) in [5.41, 5.74) is 0. The van der Waals surface area contributed by atoms with Crippen LogP contribution in [-0.2, 0) is 11.2 Å². The van der Waals surface area contributed by atoms with Gasteiger partial charge in [0, 0.05) is 26.4 Å². The van der Waals surface area contributed by atoms with Gasteiger partial charge in [-0.1, -0.05) is 5.16 Å². The molecular weight excluding hydrogens is 256 g/mol. The molecule has 2 aliphatic heterocycles. The topological polar surface area (TPSA) is 71.3 Å². The molecule has 3 rings (SSSR count). The van der Waals surface area contributed by atoms with Gasteiger partial charge in [-0.2, -0.15) is 4.98 Å². The van der Waals surface area contributed by atoms with Gasteiger partial charge >= 0.3 is 0 Å². The van der Waals surface area contributed by atoms with Crippen molar-refractivity contribution in [2.75, 3.05) is 19.6 Å². The van der Waals surface area contributed by atoms with E-state index in [9.17, 15) is 4.79 Å². The van der Waals surface area contributed by atoms with Crippen LogP contribution in [0.1, 0.15) is 37.4 Å². The number of nitrogens with one attached hydrogen (secondary N) is 1. The van der Waals surface area contributed by atoms with E-state index in [1.54, 1.807) is 6.92 Å². The van der Waals surface area contributed by atoms with E-state index in [-0.39, 0.29) is 11.9 Å². The maximum atomic E-state index is 12.4. The number of hydrogen-bond donors (Lipinski definition) is 1. The smallest absolute Gasteiger partial charge is 0.239 e. The lowest BCUT2D eigenvalue weighted by Gasteiger charge is -2.34. The molecule has 1 aromatic rings. The number of hydrogen-bond acceptors (Lipinski definition) is 5. The summed E-state index contributed by atoms with van der Waals surface area (Å²) >= 11 is 0. The van der Waals surface area contributed by atoms with Crippen LogP contribution < -0.4 is 5.32 Å². The number of carbonyl (C=O) groups excluding carboxylic acids is 1. The van der Waals surface area contributed by atoms with Gasteiger partial charge in [-0.15, -0.1) is 0 Å². The Morgan fingerprint density at radius 2 is 2.35 bits per heavy atom. The van der Waals surface area contributed by atoms with Crippen molar-refractivity contribution in [1.82, 2.24) is 20.4 Å². The largest absolute Gasteiger partial charge is 0.341 e. The van der Waals surface area contributed by atoms with E-state index in [0.29, 0.717) is 11.8 Å². The highest BCUT2D eigenvalue weighted by Crippen LogP contribution is 2.21. The van der Waals surface area contributed by atoms with Crippen LogP contribution in [0.5, 0.6) is 0 Å². The third kappa shape index (κ3) is 3.00. The van der Waals surface area contributed by atoms with Crippen molar-refractivity contribution in [1.29, 1.82) is 0 Å². The molecule has 20 heavy (non-hydrogen) atoms. The average Bonchev–Trinajstić information content (AvgIpc) is 3.10. The quantitative estimate of drug-likeness (QED) is 0.890. The molecule has 3 heterocycles. The van der Waals surface area contributed by atoms with Gasteiger partial charge < -0.3 is 14.7 Å². The fraction of sp³-hybridized carbons (Fsp3) is 0.786. The van der Waals surface area contributed by atoms with E-state index < -0.39 is 0 Å². The molecule has 0 bridgehead atoms. The third-order valence-electron chi connectivity index (χ3n) is 4.23. The summed E-state index contributed by atoms with van der Waals surface area (Å²) in [6.07, 6.45) is 5.09. The fourth-order valence-electron chi connectivity index (χ4n) is 3.23. The van der Waals surface area contributed by atoms with Gasteiger partial charge in [0.1, 0.15) is 0 Å². The zero-order valence-electron chi connectivity index (χ0n) is 12.0. The molecule has 0 unspecified atom stereocenters. The highest BCUT2D eigenvalue weighted by atomic mass is 16.5. The van der Waals surface area contributed by atoms with Crippen LogP contribution in [0.15, 0.2) is 4.52 Å². The lowest BCUT2D eigenvalue weighted by Crippen LogP contribution is -2.48. The van der Waals surface area contributed by atoms with Crippen LogP contribution in [-0.4, -0.2) is 46.6 Å². The van der Waals surface area contributed by atoms with E-state index in [1.165, 1.54) is 0 Å². The second-order valence-electron chi connectivity index (χ2n) is 5.88. The van der Waals surface area contributed by atoms with Crippen LogP contribution in [0.4, 0.5) is 0 Å². The van der Waals surface area contributed by atoms with Gasteiger partial charge in [0.15, 0.2) is 5.82 Å². The minimum atomic E-state index is 0.0427. The Morgan fingerprint density at radius 3 is 3.05 bits per heavy atom. The van der Waals surface area contributed by atoms with Crippen LogP contribution >= 0.6 is 0 Å². The monoisotopic (exact) mass is 278 g/mol. The van der Waals surface area contributed by atoms with Gasteiger partial charge in [-0.25, -0.2) is 0 Å². The van der Waals surface area contributed by atoms with E-state index in [4.69, 9.17) is 4.52 Å². The first-order valence-electron chi connectivity index (χ1n) is 7.54. The summed E-state index contributed by atoms with van der Waals surface area (Å²) in [5.74, 6) is 2.10. The molecule has 6 nitrogen and oxygen atoms in total. The van der Waals surface area contributed by atoms with E-state index in [1.807, 2.05) is 4.90 Å².